The largest absolute Gasteiger partial charge is 0.497 e. The Bertz CT molecular complexity index is 932. The first-order valence-corrected chi connectivity index (χ1v) is 10.3. The van der Waals surface area contributed by atoms with E-state index in [-0.39, 0.29) is 13.2 Å². The third-order valence-electron chi connectivity index (χ3n) is 5.30. The first-order valence-electron chi connectivity index (χ1n) is 10.3. The second-order valence-corrected chi connectivity index (χ2v) is 7.39. The first kappa shape index (κ1) is 20.2. The predicted octanol–water partition coefficient (Wildman–Crippen LogP) is 3.88. The minimum absolute atomic E-state index is 0.0186. The third kappa shape index (κ3) is 4.74. The summed E-state index contributed by atoms with van der Waals surface area (Å²) in [6, 6.07) is 15.6. The van der Waals surface area contributed by atoms with E-state index in [0.29, 0.717) is 30.1 Å². The summed E-state index contributed by atoms with van der Waals surface area (Å²) in [7, 11) is 1.64. The van der Waals surface area contributed by atoms with Crippen LogP contribution >= 0.6 is 0 Å². The third-order valence-corrected chi connectivity index (χ3v) is 5.30. The monoisotopic (exact) mass is 409 g/mol. The van der Waals surface area contributed by atoms with Gasteiger partial charge in [0.15, 0.2) is 5.82 Å². The van der Waals surface area contributed by atoms with Crippen molar-refractivity contribution in [3.8, 4) is 34.6 Å². The molecule has 2 aromatic carbocycles. The summed E-state index contributed by atoms with van der Waals surface area (Å²) in [5, 5.41) is 13.5. The van der Waals surface area contributed by atoms with Crippen LogP contribution in [-0.4, -0.2) is 46.8 Å². The van der Waals surface area contributed by atoms with E-state index in [0.717, 1.165) is 17.0 Å². The van der Waals surface area contributed by atoms with Crippen LogP contribution in [0.4, 0.5) is 0 Å². The molecule has 1 heterocycles. The highest BCUT2D eigenvalue weighted by Gasteiger charge is 2.19. The highest BCUT2D eigenvalue weighted by Crippen LogP contribution is 2.28. The highest BCUT2D eigenvalue weighted by molar-refractivity contribution is 5.59. The van der Waals surface area contributed by atoms with Crippen molar-refractivity contribution in [2.75, 3.05) is 26.9 Å². The van der Waals surface area contributed by atoms with E-state index in [4.69, 9.17) is 19.3 Å². The van der Waals surface area contributed by atoms with E-state index < -0.39 is 0 Å². The maximum absolute atomic E-state index is 8.92. The van der Waals surface area contributed by atoms with E-state index >= 15 is 0 Å². The zero-order valence-corrected chi connectivity index (χ0v) is 17.2. The van der Waals surface area contributed by atoms with Crippen molar-refractivity contribution < 1.29 is 19.3 Å². The molecule has 0 unspecified atom stereocenters. The van der Waals surface area contributed by atoms with Crippen molar-refractivity contribution in [3.63, 3.8) is 0 Å². The van der Waals surface area contributed by atoms with Crippen molar-refractivity contribution in [1.82, 2.24) is 14.8 Å². The molecule has 0 spiro atoms. The number of ether oxygens (including phenoxy) is 3. The molecule has 4 rings (SSSR count). The molecule has 1 N–H and O–H groups in total. The molecule has 1 fully saturated rings. The molecule has 1 saturated carbocycles. The van der Waals surface area contributed by atoms with Crippen LogP contribution in [0.1, 0.15) is 25.7 Å². The Kier molecular flexibility index (Phi) is 6.49. The summed E-state index contributed by atoms with van der Waals surface area (Å²) >= 11 is 0. The summed E-state index contributed by atoms with van der Waals surface area (Å²) in [6.07, 6.45) is 4.97. The number of aliphatic hydroxyl groups is 1. The van der Waals surface area contributed by atoms with Crippen LogP contribution in [0.25, 0.3) is 17.1 Å². The molecule has 3 aromatic rings. The number of hydrogen-bond donors (Lipinski definition) is 1. The molecule has 0 radical (unpaired) electrons. The van der Waals surface area contributed by atoms with Crippen molar-refractivity contribution in [3.05, 3.63) is 48.5 Å². The van der Waals surface area contributed by atoms with Gasteiger partial charge in [-0.1, -0.05) is 12.8 Å². The minimum atomic E-state index is -0.0186. The zero-order valence-electron chi connectivity index (χ0n) is 17.2. The fourth-order valence-electron chi connectivity index (χ4n) is 3.68. The lowest BCUT2D eigenvalue weighted by atomic mass is 10.1. The molecule has 0 saturated heterocycles. The Balaban J connectivity index is 1.61. The summed E-state index contributed by atoms with van der Waals surface area (Å²) in [4.78, 5) is 4.67. The van der Waals surface area contributed by atoms with E-state index in [1.807, 2.05) is 48.5 Å². The second kappa shape index (κ2) is 9.63. The summed E-state index contributed by atoms with van der Waals surface area (Å²) in [5.74, 6) is 2.75. The normalized spacial score (nSPS) is 14.1. The molecule has 1 aliphatic rings. The summed E-state index contributed by atoms with van der Waals surface area (Å²) in [6.45, 7) is 0.899. The van der Waals surface area contributed by atoms with Gasteiger partial charge >= 0.3 is 6.01 Å². The van der Waals surface area contributed by atoms with Gasteiger partial charge in [0.2, 0.25) is 0 Å². The Morgan fingerprint density at radius 3 is 2.33 bits per heavy atom. The summed E-state index contributed by atoms with van der Waals surface area (Å²) < 4.78 is 18.5. The standard InChI is InChI=1S/C23H27N3O4/c1-28-20-12-8-19(9-13-20)26-22(18-6-10-21(11-7-18)29-15-14-27)24-23(25-26)30-16-17-4-2-3-5-17/h6-13,17,27H,2-5,14-16H2,1H3. The first-order chi connectivity index (χ1) is 14.8. The number of methoxy groups -OCH3 is 1. The molecule has 0 atom stereocenters. The number of benzene rings is 2. The minimum Gasteiger partial charge on any atom is -0.497 e. The average molecular weight is 409 g/mol. The van der Waals surface area contributed by atoms with Crippen LogP contribution in [0.3, 0.4) is 0 Å². The number of aromatic nitrogens is 3. The summed E-state index contributed by atoms with van der Waals surface area (Å²) in [5.41, 5.74) is 1.76. The number of aliphatic hydroxyl groups excluding tert-OH is 1. The van der Waals surface area contributed by atoms with Crippen molar-refractivity contribution in [2.24, 2.45) is 5.92 Å². The molecular formula is C23H27N3O4. The molecule has 1 aliphatic carbocycles. The SMILES string of the molecule is COc1ccc(-n2nc(OCC3CCCC3)nc2-c2ccc(OCCO)cc2)cc1. The molecular weight excluding hydrogens is 382 g/mol. The van der Waals surface area contributed by atoms with Crippen molar-refractivity contribution >= 4 is 0 Å². The Morgan fingerprint density at radius 2 is 1.67 bits per heavy atom. The average Bonchev–Trinajstić information content (AvgIpc) is 3.47. The molecule has 0 amide bonds. The fourth-order valence-corrected chi connectivity index (χ4v) is 3.68. The molecule has 158 valence electrons. The van der Waals surface area contributed by atoms with Crippen molar-refractivity contribution in [2.45, 2.75) is 25.7 Å². The Hall–Kier alpha value is -3.06. The lowest BCUT2D eigenvalue weighted by molar-refractivity contribution is 0.201. The lowest BCUT2D eigenvalue weighted by Gasteiger charge is -2.08. The Labute approximate surface area is 176 Å². The molecule has 30 heavy (non-hydrogen) atoms. The number of nitrogens with zero attached hydrogens (tertiary/aromatic N) is 3. The molecule has 7 nitrogen and oxygen atoms in total. The van der Waals surface area contributed by atoms with Crippen LogP contribution < -0.4 is 14.2 Å². The van der Waals surface area contributed by atoms with Crippen molar-refractivity contribution in [1.29, 1.82) is 0 Å². The fraction of sp³-hybridized carbons (Fsp3) is 0.391. The van der Waals surface area contributed by atoms with E-state index in [1.165, 1.54) is 25.7 Å². The van der Waals surface area contributed by atoms with Gasteiger partial charge in [-0.15, -0.1) is 5.10 Å². The van der Waals surface area contributed by atoms with Gasteiger partial charge in [0.05, 0.1) is 26.0 Å². The van der Waals surface area contributed by atoms with Crippen LogP contribution in [0, 0.1) is 5.92 Å². The lowest BCUT2D eigenvalue weighted by Crippen LogP contribution is -2.09. The van der Waals surface area contributed by atoms with Gasteiger partial charge in [0.25, 0.3) is 0 Å². The van der Waals surface area contributed by atoms with Crippen LogP contribution in [0.15, 0.2) is 48.5 Å². The predicted molar refractivity (Wildman–Crippen MR) is 113 cm³/mol. The van der Waals surface area contributed by atoms with Gasteiger partial charge < -0.3 is 19.3 Å². The van der Waals surface area contributed by atoms with Gasteiger partial charge in [0, 0.05) is 5.56 Å². The topological polar surface area (TPSA) is 78.6 Å². The molecule has 0 bridgehead atoms. The van der Waals surface area contributed by atoms with E-state index in [2.05, 4.69) is 10.1 Å². The van der Waals surface area contributed by atoms with Gasteiger partial charge in [-0.2, -0.15) is 4.98 Å². The van der Waals surface area contributed by atoms with Gasteiger partial charge in [0.1, 0.15) is 18.1 Å². The van der Waals surface area contributed by atoms with Crippen LogP contribution in [0.2, 0.25) is 0 Å². The molecule has 0 aliphatic heterocycles. The van der Waals surface area contributed by atoms with Gasteiger partial charge in [-0.05, 0) is 67.3 Å². The van der Waals surface area contributed by atoms with E-state index in [9.17, 15) is 0 Å². The quantitative estimate of drug-likeness (QED) is 0.578. The van der Waals surface area contributed by atoms with Crippen LogP contribution in [0.5, 0.6) is 17.5 Å². The van der Waals surface area contributed by atoms with E-state index in [1.54, 1.807) is 11.8 Å². The Morgan fingerprint density at radius 1 is 0.967 bits per heavy atom. The maximum Gasteiger partial charge on any atom is 0.336 e. The number of rotatable bonds is 9. The smallest absolute Gasteiger partial charge is 0.336 e. The number of hydrogen-bond acceptors (Lipinski definition) is 6. The van der Waals surface area contributed by atoms with Gasteiger partial charge in [-0.3, -0.25) is 0 Å². The maximum atomic E-state index is 8.92. The van der Waals surface area contributed by atoms with Gasteiger partial charge in [-0.25, -0.2) is 4.68 Å². The highest BCUT2D eigenvalue weighted by atomic mass is 16.5. The molecule has 7 heteroatoms. The van der Waals surface area contributed by atoms with Crippen LogP contribution in [-0.2, 0) is 0 Å². The zero-order chi connectivity index (χ0) is 20.8. The molecule has 1 aromatic heterocycles. The second-order valence-electron chi connectivity index (χ2n) is 7.39.